The lowest BCUT2D eigenvalue weighted by Crippen LogP contribution is -1.99. The number of methoxy groups -OCH3 is 1. The maximum absolute atomic E-state index is 12.3. The molecule has 1 aliphatic rings. The molecule has 0 fully saturated rings. The van der Waals surface area contributed by atoms with Gasteiger partial charge in [-0.25, -0.2) is 0 Å². The molecule has 0 atom stereocenters. The standard InChI is InChI=1S/C16H12O3/c1-18-12-8-5-9-13-15(12)16(17)14(19-13)10-11-6-3-2-4-7-11/h2-10H,1H3/b14-10-. The smallest absolute Gasteiger partial charge is 0.235 e. The van der Waals surface area contributed by atoms with Crippen molar-refractivity contribution in [2.75, 3.05) is 7.11 Å². The number of allylic oxidation sites excluding steroid dienone is 1. The van der Waals surface area contributed by atoms with Crippen LogP contribution in [0, 0.1) is 0 Å². The van der Waals surface area contributed by atoms with Crippen LogP contribution in [0.15, 0.2) is 54.3 Å². The number of ether oxygens (including phenoxy) is 2. The van der Waals surface area contributed by atoms with Gasteiger partial charge in [-0.3, -0.25) is 4.79 Å². The second kappa shape index (κ2) is 4.61. The Labute approximate surface area is 111 Å². The normalized spacial score (nSPS) is 15.2. The monoisotopic (exact) mass is 252 g/mol. The van der Waals surface area contributed by atoms with E-state index in [1.807, 2.05) is 30.3 Å². The van der Waals surface area contributed by atoms with Gasteiger partial charge in [-0.1, -0.05) is 36.4 Å². The summed E-state index contributed by atoms with van der Waals surface area (Å²) in [5.41, 5.74) is 1.42. The van der Waals surface area contributed by atoms with Crippen LogP contribution in [-0.4, -0.2) is 12.9 Å². The van der Waals surface area contributed by atoms with E-state index >= 15 is 0 Å². The van der Waals surface area contributed by atoms with E-state index in [9.17, 15) is 4.79 Å². The Hall–Kier alpha value is -2.55. The zero-order chi connectivity index (χ0) is 13.2. The molecule has 0 saturated carbocycles. The lowest BCUT2D eigenvalue weighted by molar-refractivity contribution is 0.101. The molecule has 0 spiro atoms. The topological polar surface area (TPSA) is 35.5 Å². The lowest BCUT2D eigenvalue weighted by Gasteiger charge is -2.02. The Morgan fingerprint density at radius 2 is 1.84 bits per heavy atom. The molecular weight excluding hydrogens is 240 g/mol. The van der Waals surface area contributed by atoms with Gasteiger partial charge in [0.2, 0.25) is 5.78 Å². The van der Waals surface area contributed by atoms with Crippen molar-refractivity contribution in [3.8, 4) is 11.5 Å². The highest BCUT2D eigenvalue weighted by Crippen LogP contribution is 2.37. The van der Waals surface area contributed by atoms with Crippen LogP contribution in [0.3, 0.4) is 0 Å². The van der Waals surface area contributed by atoms with E-state index in [0.717, 1.165) is 5.56 Å². The maximum atomic E-state index is 12.3. The third kappa shape index (κ3) is 1.99. The molecule has 0 aliphatic carbocycles. The van der Waals surface area contributed by atoms with Crippen molar-refractivity contribution in [3.63, 3.8) is 0 Å². The van der Waals surface area contributed by atoms with Crippen LogP contribution in [0.4, 0.5) is 0 Å². The van der Waals surface area contributed by atoms with E-state index in [2.05, 4.69) is 0 Å². The fourth-order valence-corrected chi connectivity index (χ4v) is 2.07. The van der Waals surface area contributed by atoms with Crippen molar-refractivity contribution in [2.45, 2.75) is 0 Å². The second-order valence-electron chi connectivity index (χ2n) is 4.18. The number of hydrogen-bond acceptors (Lipinski definition) is 3. The van der Waals surface area contributed by atoms with Gasteiger partial charge in [0, 0.05) is 0 Å². The van der Waals surface area contributed by atoms with Crippen LogP contribution in [0.2, 0.25) is 0 Å². The van der Waals surface area contributed by atoms with Gasteiger partial charge in [0.15, 0.2) is 5.76 Å². The van der Waals surface area contributed by atoms with E-state index in [4.69, 9.17) is 9.47 Å². The van der Waals surface area contributed by atoms with Gasteiger partial charge in [-0.15, -0.1) is 0 Å². The number of fused-ring (bicyclic) bond motifs is 1. The van der Waals surface area contributed by atoms with Crippen LogP contribution in [0.5, 0.6) is 11.5 Å². The van der Waals surface area contributed by atoms with Crippen molar-refractivity contribution in [1.82, 2.24) is 0 Å². The number of rotatable bonds is 2. The molecule has 0 aromatic heterocycles. The third-order valence-corrected chi connectivity index (χ3v) is 2.98. The van der Waals surface area contributed by atoms with Crippen molar-refractivity contribution in [2.24, 2.45) is 0 Å². The van der Waals surface area contributed by atoms with E-state index in [0.29, 0.717) is 22.8 Å². The van der Waals surface area contributed by atoms with Crippen LogP contribution >= 0.6 is 0 Å². The van der Waals surface area contributed by atoms with Crippen molar-refractivity contribution >= 4 is 11.9 Å². The van der Waals surface area contributed by atoms with Crippen LogP contribution in [0.25, 0.3) is 6.08 Å². The summed E-state index contributed by atoms with van der Waals surface area (Å²) in [5, 5.41) is 0. The van der Waals surface area contributed by atoms with Gasteiger partial charge in [0.25, 0.3) is 0 Å². The molecule has 1 heterocycles. The highest BCUT2D eigenvalue weighted by atomic mass is 16.5. The van der Waals surface area contributed by atoms with Gasteiger partial charge in [0.05, 0.1) is 7.11 Å². The van der Waals surface area contributed by atoms with Crippen LogP contribution in [0.1, 0.15) is 15.9 Å². The Morgan fingerprint density at radius 1 is 1.05 bits per heavy atom. The van der Waals surface area contributed by atoms with Gasteiger partial charge >= 0.3 is 0 Å². The fraction of sp³-hybridized carbons (Fsp3) is 0.0625. The molecule has 3 nitrogen and oxygen atoms in total. The molecule has 3 rings (SSSR count). The summed E-state index contributed by atoms with van der Waals surface area (Å²) in [6, 6.07) is 14.9. The summed E-state index contributed by atoms with van der Waals surface area (Å²) in [7, 11) is 1.54. The molecule has 0 saturated heterocycles. The highest BCUT2D eigenvalue weighted by Gasteiger charge is 2.30. The number of hydrogen-bond donors (Lipinski definition) is 0. The molecule has 1 aliphatic heterocycles. The largest absolute Gasteiger partial charge is 0.496 e. The molecular formula is C16H12O3. The highest BCUT2D eigenvalue weighted by molar-refractivity contribution is 6.16. The molecule has 94 valence electrons. The Morgan fingerprint density at radius 3 is 2.58 bits per heavy atom. The summed E-state index contributed by atoms with van der Waals surface area (Å²) in [5.74, 6) is 1.27. The minimum absolute atomic E-state index is 0.142. The molecule has 0 amide bonds. The number of benzene rings is 2. The number of Topliss-reactive ketones (excluding diaryl/α,β-unsaturated/α-hetero) is 1. The van der Waals surface area contributed by atoms with Crippen molar-refractivity contribution in [3.05, 3.63) is 65.4 Å². The zero-order valence-corrected chi connectivity index (χ0v) is 10.4. The van der Waals surface area contributed by atoms with Crippen molar-refractivity contribution in [1.29, 1.82) is 0 Å². The average Bonchev–Trinajstić information content (AvgIpc) is 2.77. The summed E-state index contributed by atoms with van der Waals surface area (Å²) in [6.07, 6.45) is 1.74. The fourth-order valence-electron chi connectivity index (χ4n) is 2.07. The summed E-state index contributed by atoms with van der Waals surface area (Å²) >= 11 is 0. The quantitative estimate of drug-likeness (QED) is 0.769. The van der Waals surface area contributed by atoms with Gasteiger partial charge in [-0.2, -0.15) is 0 Å². The maximum Gasteiger partial charge on any atom is 0.235 e. The molecule has 3 heteroatoms. The molecule has 19 heavy (non-hydrogen) atoms. The predicted molar refractivity (Wildman–Crippen MR) is 72.4 cm³/mol. The molecule has 0 radical (unpaired) electrons. The predicted octanol–water partition coefficient (Wildman–Crippen LogP) is 3.31. The molecule has 0 bridgehead atoms. The summed E-state index contributed by atoms with van der Waals surface area (Å²) in [6.45, 7) is 0. The number of ketones is 1. The van der Waals surface area contributed by atoms with Gasteiger partial charge in [0.1, 0.15) is 17.1 Å². The Balaban J connectivity index is 2.02. The number of carbonyl (C=O) groups is 1. The first-order chi connectivity index (χ1) is 9.29. The minimum Gasteiger partial charge on any atom is -0.496 e. The third-order valence-electron chi connectivity index (χ3n) is 2.98. The van der Waals surface area contributed by atoms with E-state index in [1.165, 1.54) is 0 Å². The van der Waals surface area contributed by atoms with Gasteiger partial charge in [-0.05, 0) is 23.8 Å². The molecule has 2 aromatic rings. The molecule has 0 N–H and O–H groups in total. The number of carbonyl (C=O) groups excluding carboxylic acids is 1. The van der Waals surface area contributed by atoms with Gasteiger partial charge < -0.3 is 9.47 Å². The van der Waals surface area contributed by atoms with Crippen molar-refractivity contribution < 1.29 is 14.3 Å². The van der Waals surface area contributed by atoms with E-state index in [1.54, 1.807) is 31.4 Å². The first-order valence-corrected chi connectivity index (χ1v) is 5.96. The molecule has 0 unspecified atom stereocenters. The summed E-state index contributed by atoms with van der Waals surface area (Å²) < 4.78 is 10.8. The summed E-state index contributed by atoms with van der Waals surface area (Å²) in [4.78, 5) is 12.3. The first-order valence-electron chi connectivity index (χ1n) is 5.96. The van der Waals surface area contributed by atoms with E-state index in [-0.39, 0.29) is 5.78 Å². The van der Waals surface area contributed by atoms with E-state index < -0.39 is 0 Å². The Kier molecular flexibility index (Phi) is 2.80. The second-order valence-corrected chi connectivity index (χ2v) is 4.18. The zero-order valence-electron chi connectivity index (χ0n) is 10.4. The Bertz CT molecular complexity index is 657. The first kappa shape index (κ1) is 11.5. The average molecular weight is 252 g/mol. The SMILES string of the molecule is COc1cccc2c1C(=O)/C(=C/c1ccccc1)O2. The van der Waals surface area contributed by atoms with Crippen LogP contribution in [-0.2, 0) is 0 Å². The van der Waals surface area contributed by atoms with Crippen LogP contribution < -0.4 is 9.47 Å². The minimum atomic E-state index is -0.142. The molecule has 2 aromatic carbocycles. The lowest BCUT2D eigenvalue weighted by atomic mass is 10.1.